The van der Waals surface area contributed by atoms with Crippen LogP contribution in [0.1, 0.15) is 39.0 Å². The van der Waals surface area contributed by atoms with Gasteiger partial charge in [0.15, 0.2) is 6.04 Å². The quantitative estimate of drug-likeness (QED) is 0.0909. The maximum absolute atomic E-state index is 12.2. The first-order valence-electron chi connectivity index (χ1n) is 10.3. The Morgan fingerprint density at radius 1 is 1.00 bits per heavy atom. The van der Waals surface area contributed by atoms with E-state index in [2.05, 4.69) is 22.9 Å². The Balaban J connectivity index is 4.59. The van der Waals surface area contributed by atoms with E-state index in [0.29, 0.717) is 0 Å². The number of ether oxygens (including phenoxy) is 2. The number of esters is 2. The molecule has 0 aliphatic carbocycles. The highest BCUT2D eigenvalue weighted by molar-refractivity contribution is 5.89. The Kier molecular flexibility index (Phi) is 14.5. The molecule has 14 heteroatoms. The second-order valence-electron chi connectivity index (χ2n) is 7.41. The highest BCUT2D eigenvalue weighted by atomic mass is 16.6. The molecule has 3 atom stereocenters. The predicted octanol–water partition coefficient (Wildman–Crippen LogP) is -2.66. The van der Waals surface area contributed by atoms with E-state index in [1.807, 2.05) is 0 Å². The standard InChI is InChI=1S/C20H31N3O11/c1-11(2)20(32)34-10-12(24)9-33-17(28)5-3-4-14(18(29)22-8-16(26)27)23-15(25)7-6-13(21)19(30)31/h12-14,24H,1,3-10,21H2,2H3,(H,22,29)(H,23,25)(H,26,27)(H,30,31)/p+1. The van der Waals surface area contributed by atoms with Gasteiger partial charge in [-0.15, -0.1) is 0 Å². The summed E-state index contributed by atoms with van der Waals surface area (Å²) in [6.45, 7) is 3.30. The van der Waals surface area contributed by atoms with E-state index in [0.717, 1.165) is 0 Å². The third-order valence-electron chi connectivity index (χ3n) is 4.20. The number of hydrogen-bond donors (Lipinski definition) is 6. The van der Waals surface area contributed by atoms with Crippen LogP contribution in [0.5, 0.6) is 0 Å². The average molecular weight is 490 g/mol. The normalized spacial score (nSPS) is 13.0. The van der Waals surface area contributed by atoms with Crippen molar-refractivity contribution >= 4 is 35.7 Å². The van der Waals surface area contributed by atoms with Crippen molar-refractivity contribution in [2.24, 2.45) is 0 Å². The van der Waals surface area contributed by atoms with Crippen molar-refractivity contribution in [1.82, 2.24) is 10.6 Å². The van der Waals surface area contributed by atoms with Gasteiger partial charge in [-0.05, 0) is 19.8 Å². The fourth-order valence-electron chi connectivity index (χ4n) is 2.31. The van der Waals surface area contributed by atoms with E-state index in [9.17, 15) is 33.9 Å². The van der Waals surface area contributed by atoms with E-state index >= 15 is 0 Å². The third kappa shape index (κ3) is 14.5. The summed E-state index contributed by atoms with van der Waals surface area (Å²) >= 11 is 0. The van der Waals surface area contributed by atoms with E-state index < -0.39 is 73.6 Å². The first-order valence-corrected chi connectivity index (χ1v) is 10.3. The topological polar surface area (TPSA) is 233 Å². The lowest BCUT2D eigenvalue weighted by molar-refractivity contribution is -0.408. The minimum Gasteiger partial charge on any atom is -0.480 e. The molecule has 0 rings (SSSR count). The van der Waals surface area contributed by atoms with Crippen LogP contribution in [0, 0.1) is 0 Å². The fraction of sp³-hybridized carbons (Fsp3) is 0.600. The van der Waals surface area contributed by atoms with Gasteiger partial charge in [0.1, 0.15) is 31.9 Å². The summed E-state index contributed by atoms with van der Waals surface area (Å²) in [5.74, 6) is -5.32. The van der Waals surface area contributed by atoms with Crippen molar-refractivity contribution in [2.45, 2.75) is 57.2 Å². The molecular formula is C20H32N3O11+. The Labute approximate surface area is 195 Å². The van der Waals surface area contributed by atoms with Crippen molar-refractivity contribution in [3.8, 4) is 0 Å². The molecule has 192 valence electrons. The lowest BCUT2D eigenvalue weighted by Gasteiger charge is -2.18. The molecule has 0 aromatic rings. The Morgan fingerprint density at radius 3 is 2.18 bits per heavy atom. The summed E-state index contributed by atoms with van der Waals surface area (Å²) in [6, 6.07) is -2.18. The molecule has 2 amide bonds. The molecular weight excluding hydrogens is 458 g/mol. The zero-order valence-corrected chi connectivity index (χ0v) is 18.9. The minimum absolute atomic E-state index is 0.0438. The van der Waals surface area contributed by atoms with Gasteiger partial charge in [-0.1, -0.05) is 6.58 Å². The summed E-state index contributed by atoms with van der Waals surface area (Å²) < 4.78 is 9.57. The van der Waals surface area contributed by atoms with Gasteiger partial charge >= 0.3 is 23.9 Å². The molecule has 0 bridgehead atoms. The molecule has 14 nitrogen and oxygen atoms in total. The number of aliphatic carboxylic acids is 2. The van der Waals surface area contributed by atoms with Crippen LogP contribution in [0.25, 0.3) is 0 Å². The van der Waals surface area contributed by atoms with Crippen LogP contribution in [-0.2, 0) is 38.2 Å². The SMILES string of the molecule is C=C(C)C(=O)OCC(O)COC(=O)CCCC(NC(=O)CCC([NH3+])C(=O)O)C(=O)NCC(=O)O. The smallest absolute Gasteiger partial charge is 0.362 e. The van der Waals surface area contributed by atoms with Gasteiger partial charge in [-0.3, -0.25) is 19.2 Å². The van der Waals surface area contributed by atoms with Crippen molar-refractivity contribution < 1.29 is 59.3 Å². The fourth-order valence-corrected chi connectivity index (χ4v) is 2.31. The van der Waals surface area contributed by atoms with Crippen molar-refractivity contribution in [2.75, 3.05) is 19.8 Å². The minimum atomic E-state index is -1.30. The van der Waals surface area contributed by atoms with Crippen LogP contribution < -0.4 is 16.4 Å². The van der Waals surface area contributed by atoms with Crippen molar-refractivity contribution in [3.63, 3.8) is 0 Å². The molecule has 0 saturated carbocycles. The predicted molar refractivity (Wildman–Crippen MR) is 113 cm³/mol. The third-order valence-corrected chi connectivity index (χ3v) is 4.20. The number of carbonyl (C=O) groups excluding carboxylic acids is 4. The van der Waals surface area contributed by atoms with Crippen LogP contribution in [0.4, 0.5) is 0 Å². The Hall–Kier alpha value is -3.52. The summed E-state index contributed by atoms with van der Waals surface area (Å²) in [7, 11) is 0. The van der Waals surface area contributed by atoms with Crippen LogP contribution >= 0.6 is 0 Å². The number of quaternary nitrogens is 1. The summed E-state index contributed by atoms with van der Waals surface area (Å²) in [4.78, 5) is 68.8. The monoisotopic (exact) mass is 490 g/mol. The first-order chi connectivity index (χ1) is 15.8. The van der Waals surface area contributed by atoms with Gasteiger partial charge in [0, 0.05) is 24.8 Å². The number of hydrogen-bond acceptors (Lipinski definition) is 9. The number of carboxylic acid groups (broad SMARTS) is 2. The van der Waals surface area contributed by atoms with Crippen LogP contribution in [0.15, 0.2) is 12.2 Å². The average Bonchev–Trinajstić information content (AvgIpc) is 2.76. The lowest BCUT2D eigenvalue weighted by Crippen LogP contribution is -2.65. The van der Waals surface area contributed by atoms with Gasteiger partial charge in [-0.2, -0.15) is 0 Å². The summed E-state index contributed by atoms with van der Waals surface area (Å²) in [6.07, 6.45) is -1.70. The molecule has 8 N–H and O–H groups in total. The molecule has 3 unspecified atom stereocenters. The van der Waals surface area contributed by atoms with Gasteiger partial charge in [0.25, 0.3) is 0 Å². The molecule has 0 heterocycles. The van der Waals surface area contributed by atoms with Gasteiger partial charge in [0.05, 0.1) is 0 Å². The number of carboxylic acids is 2. The Bertz CT molecular complexity index is 769. The van der Waals surface area contributed by atoms with Gasteiger partial charge < -0.3 is 41.2 Å². The van der Waals surface area contributed by atoms with Crippen molar-refractivity contribution in [3.05, 3.63) is 12.2 Å². The number of aliphatic hydroxyl groups is 1. The molecule has 0 aliphatic rings. The maximum Gasteiger partial charge on any atom is 0.362 e. The van der Waals surface area contributed by atoms with Crippen LogP contribution in [0.3, 0.4) is 0 Å². The lowest BCUT2D eigenvalue weighted by atomic mass is 10.1. The molecule has 0 aliphatic heterocycles. The summed E-state index contributed by atoms with van der Waals surface area (Å²) in [5.41, 5.74) is 3.52. The van der Waals surface area contributed by atoms with Crippen LogP contribution in [-0.4, -0.2) is 89.0 Å². The second kappa shape index (κ2) is 16.1. The number of amides is 2. The first kappa shape index (κ1) is 30.5. The van der Waals surface area contributed by atoms with Crippen LogP contribution in [0.2, 0.25) is 0 Å². The van der Waals surface area contributed by atoms with Gasteiger partial charge in [-0.25, -0.2) is 9.59 Å². The zero-order chi connectivity index (χ0) is 26.3. The molecule has 0 fully saturated rings. The zero-order valence-electron chi connectivity index (χ0n) is 18.9. The number of carbonyl (C=O) groups is 6. The molecule has 0 saturated heterocycles. The maximum atomic E-state index is 12.2. The van der Waals surface area contributed by atoms with Gasteiger partial charge in [0.2, 0.25) is 11.8 Å². The Morgan fingerprint density at radius 2 is 1.62 bits per heavy atom. The highest BCUT2D eigenvalue weighted by Crippen LogP contribution is 2.05. The number of nitrogens with one attached hydrogen (secondary N) is 2. The highest BCUT2D eigenvalue weighted by Gasteiger charge is 2.23. The second-order valence-corrected chi connectivity index (χ2v) is 7.41. The molecule has 34 heavy (non-hydrogen) atoms. The van der Waals surface area contributed by atoms with E-state index in [-0.39, 0.29) is 37.7 Å². The van der Waals surface area contributed by atoms with E-state index in [1.165, 1.54) is 6.92 Å². The van der Waals surface area contributed by atoms with E-state index in [4.69, 9.17) is 19.7 Å². The van der Waals surface area contributed by atoms with E-state index in [1.54, 1.807) is 0 Å². The number of aliphatic hydroxyl groups excluding tert-OH is 1. The molecule has 0 radical (unpaired) electrons. The largest absolute Gasteiger partial charge is 0.480 e. The van der Waals surface area contributed by atoms with Crippen molar-refractivity contribution in [1.29, 1.82) is 0 Å². The summed E-state index contributed by atoms with van der Waals surface area (Å²) in [5, 5.41) is 31.7. The molecule has 0 spiro atoms. The number of rotatable bonds is 17. The molecule has 0 aromatic carbocycles. The molecule has 0 aromatic heterocycles.